The highest BCUT2D eigenvalue weighted by atomic mass is 79.9. The molecule has 0 radical (unpaired) electrons. The van der Waals surface area contributed by atoms with E-state index >= 15 is 0 Å². The van der Waals surface area contributed by atoms with Gasteiger partial charge in [-0.05, 0) is 45.8 Å². The van der Waals surface area contributed by atoms with Crippen molar-refractivity contribution in [3.05, 3.63) is 58.1 Å². The maximum atomic E-state index is 13.2. The van der Waals surface area contributed by atoms with Crippen molar-refractivity contribution in [2.45, 2.75) is 6.04 Å². The lowest BCUT2D eigenvalue weighted by Crippen LogP contribution is -2.14. The third-order valence-electron chi connectivity index (χ3n) is 2.62. The van der Waals surface area contributed by atoms with Gasteiger partial charge in [-0.25, -0.2) is 4.39 Å². The standard InChI is InChI=1S/C13H12BrFN2O/c1-18-11-3-2-6-17-13(11)12(16)8-4-5-10(15)9(14)7-8/h2-7,12H,16H2,1H3. The van der Waals surface area contributed by atoms with Crippen LogP contribution in [0.4, 0.5) is 4.39 Å². The first kappa shape index (κ1) is 13.0. The molecular formula is C13H12BrFN2O. The molecule has 0 aliphatic carbocycles. The van der Waals surface area contributed by atoms with Crippen molar-refractivity contribution in [1.82, 2.24) is 4.98 Å². The SMILES string of the molecule is COc1cccnc1C(N)c1ccc(F)c(Br)c1. The molecule has 1 aromatic carbocycles. The van der Waals surface area contributed by atoms with E-state index in [1.165, 1.54) is 6.07 Å². The molecule has 0 aliphatic heterocycles. The summed E-state index contributed by atoms with van der Waals surface area (Å²) in [5.74, 6) is 0.296. The van der Waals surface area contributed by atoms with Crippen molar-refractivity contribution < 1.29 is 9.13 Å². The first-order valence-electron chi connectivity index (χ1n) is 5.33. The number of nitrogens with zero attached hydrogens (tertiary/aromatic N) is 1. The Bertz CT molecular complexity index is 562. The number of halogens is 2. The molecule has 0 amide bonds. The Balaban J connectivity index is 2.41. The minimum atomic E-state index is -0.460. The summed E-state index contributed by atoms with van der Waals surface area (Å²) in [5, 5.41) is 0. The van der Waals surface area contributed by atoms with Gasteiger partial charge in [0.2, 0.25) is 0 Å². The number of benzene rings is 1. The zero-order valence-corrected chi connectivity index (χ0v) is 11.3. The second-order valence-corrected chi connectivity index (χ2v) is 4.60. The molecule has 1 unspecified atom stereocenters. The second kappa shape index (κ2) is 5.46. The minimum absolute atomic E-state index is 0.320. The maximum absolute atomic E-state index is 13.2. The van der Waals surface area contributed by atoms with Gasteiger partial charge in [0, 0.05) is 6.20 Å². The van der Waals surface area contributed by atoms with Gasteiger partial charge in [-0.2, -0.15) is 0 Å². The molecule has 1 atom stereocenters. The van der Waals surface area contributed by atoms with Gasteiger partial charge < -0.3 is 10.5 Å². The Hall–Kier alpha value is -1.46. The highest BCUT2D eigenvalue weighted by molar-refractivity contribution is 9.10. The zero-order chi connectivity index (χ0) is 13.1. The van der Waals surface area contributed by atoms with Crippen LogP contribution in [0.2, 0.25) is 0 Å². The van der Waals surface area contributed by atoms with Gasteiger partial charge in [0.05, 0.1) is 17.6 Å². The lowest BCUT2D eigenvalue weighted by molar-refractivity contribution is 0.404. The number of aromatic nitrogens is 1. The largest absolute Gasteiger partial charge is 0.495 e. The predicted molar refractivity (Wildman–Crippen MR) is 70.9 cm³/mol. The highest BCUT2D eigenvalue weighted by Crippen LogP contribution is 2.28. The number of hydrogen-bond donors (Lipinski definition) is 1. The third-order valence-corrected chi connectivity index (χ3v) is 3.22. The Kier molecular flexibility index (Phi) is 3.93. The molecule has 5 heteroatoms. The van der Waals surface area contributed by atoms with E-state index in [2.05, 4.69) is 20.9 Å². The minimum Gasteiger partial charge on any atom is -0.495 e. The van der Waals surface area contributed by atoms with Crippen molar-refractivity contribution >= 4 is 15.9 Å². The summed E-state index contributed by atoms with van der Waals surface area (Å²) in [6.45, 7) is 0. The van der Waals surface area contributed by atoms with Crippen LogP contribution in [-0.4, -0.2) is 12.1 Å². The van der Waals surface area contributed by atoms with Crippen LogP contribution in [0, 0.1) is 5.82 Å². The van der Waals surface area contributed by atoms with Crippen LogP contribution in [0.5, 0.6) is 5.75 Å². The van der Waals surface area contributed by atoms with Gasteiger partial charge in [-0.1, -0.05) is 6.07 Å². The second-order valence-electron chi connectivity index (χ2n) is 3.74. The van der Waals surface area contributed by atoms with Crippen LogP contribution in [-0.2, 0) is 0 Å². The molecule has 1 aromatic heterocycles. The van der Waals surface area contributed by atoms with Gasteiger partial charge in [-0.3, -0.25) is 4.98 Å². The molecule has 18 heavy (non-hydrogen) atoms. The van der Waals surface area contributed by atoms with Crippen LogP contribution < -0.4 is 10.5 Å². The zero-order valence-electron chi connectivity index (χ0n) is 9.73. The van der Waals surface area contributed by atoms with Crippen molar-refractivity contribution in [3.63, 3.8) is 0 Å². The Morgan fingerprint density at radius 2 is 2.17 bits per heavy atom. The third kappa shape index (κ3) is 2.52. The van der Waals surface area contributed by atoms with E-state index in [4.69, 9.17) is 10.5 Å². The Morgan fingerprint density at radius 1 is 1.39 bits per heavy atom. The van der Waals surface area contributed by atoms with E-state index in [1.807, 2.05) is 0 Å². The van der Waals surface area contributed by atoms with E-state index in [1.54, 1.807) is 37.6 Å². The first-order chi connectivity index (χ1) is 8.63. The molecule has 94 valence electrons. The van der Waals surface area contributed by atoms with Gasteiger partial charge in [0.25, 0.3) is 0 Å². The summed E-state index contributed by atoms with van der Waals surface area (Å²) in [4.78, 5) is 4.22. The molecule has 2 N–H and O–H groups in total. The van der Waals surface area contributed by atoms with Gasteiger partial charge in [0.1, 0.15) is 17.3 Å². The van der Waals surface area contributed by atoms with Crippen LogP contribution in [0.25, 0.3) is 0 Å². The number of ether oxygens (including phenoxy) is 1. The van der Waals surface area contributed by atoms with E-state index in [9.17, 15) is 4.39 Å². The van der Waals surface area contributed by atoms with Crippen LogP contribution >= 0.6 is 15.9 Å². The molecule has 3 nitrogen and oxygen atoms in total. The predicted octanol–water partition coefficient (Wildman–Crippen LogP) is 3.04. The normalized spacial score (nSPS) is 12.2. The van der Waals surface area contributed by atoms with E-state index in [0.29, 0.717) is 15.9 Å². The van der Waals surface area contributed by atoms with Crippen molar-refractivity contribution in [1.29, 1.82) is 0 Å². The number of hydrogen-bond acceptors (Lipinski definition) is 3. The maximum Gasteiger partial charge on any atom is 0.142 e. The molecule has 1 heterocycles. The fourth-order valence-corrected chi connectivity index (χ4v) is 2.07. The van der Waals surface area contributed by atoms with Gasteiger partial charge >= 0.3 is 0 Å². The molecule has 0 aliphatic rings. The van der Waals surface area contributed by atoms with Crippen LogP contribution in [0.3, 0.4) is 0 Å². The number of methoxy groups -OCH3 is 1. The van der Waals surface area contributed by atoms with E-state index < -0.39 is 6.04 Å². The van der Waals surface area contributed by atoms with Crippen molar-refractivity contribution in [3.8, 4) is 5.75 Å². The lowest BCUT2D eigenvalue weighted by atomic mass is 10.0. The number of pyridine rings is 1. The average molecular weight is 311 g/mol. The Morgan fingerprint density at radius 3 is 2.83 bits per heavy atom. The molecule has 0 spiro atoms. The van der Waals surface area contributed by atoms with Gasteiger partial charge in [0.15, 0.2) is 0 Å². The fraction of sp³-hybridized carbons (Fsp3) is 0.154. The highest BCUT2D eigenvalue weighted by Gasteiger charge is 2.16. The Labute approximate surface area is 113 Å². The molecular weight excluding hydrogens is 299 g/mol. The summed E-state index contributed by atoms with van der Waals surface area (Å²) in [6, 6.07) is 7.76. The summed E-state index contributed by atoms with van der Waals surface area (Å²) >= 11 is 3.14. The van der Waals surface area contributed by atoms with Crippen molar-refractivity contribution in [2.75, 3.05) is 7.11 Å². The summed E-state index contributed by atoms with van der Waals surface area (Å²) in [5.41, 5.74) is 7.51. The van der Waals surface area contributed by atoms with Crippen molar-refractivity contribution in [2.24, 2.45) is 5.73 Å². The van der Waals surface area contributed by atoms with Crippen LogP contribution in [0.1, 0.15) is 17.3 Å². The molecule has 0 bridgehead atoms. The summed E-state index contributed by atoms with van der Waals surface area (Å²) in [7, 11) is 1.56. The van der Waals surface area contributed by atoms with E-state index in [-0.39, 0.29) is 5.82 Å². The van der Waals surface area contributed by atoms with Crippen LogP contribution in [0.15, 0.2) is 41.0 Å². The summed E-state index contributed by atoms with van der Waals surface area (Å²) in [6.07, 6.45) is 1.65. The molecule has 0 saturated carbocycles. The smallest absolute Gasteiger partial charge is 0.142 e. The van der Waals surface area contributed by atoms with E-state index in [0.717, 1.165) is 5.56 Å². The topological polar surface area (TPSA) is 48.1 Å². The van der Waals surface area contributed by atoms with Gasteiger partial charge in [-0.15, -0.1) is 0 Å². The first-order valence-corrected chi connectivity index (χ1v) is 6.12. The number of nitrogens with two attached hydrogens (primary N) is 1. The lowest BCUT2D eigenvalue weighted by Gasteiger charge is -2.15. The fourth-order valence-electron chi connectivity index (χ4n) is 1.67. The molecule has 0 fully saturated rings. The average Bonchev–Trinajstić information content (AvgIpc) is 2.41. The summed E-state index contributed by atoms with van der Waals surface area (Å²) < 4.78 is 18.8. The number of rotatable bonds is 3. The quantitative estimate of drug-likeness (QED) is 0.948. The monoisotopic (exact) mass is 310 g/mol. The molecule has 2 rings (SSSR count). The molecule has 0 saturated heterocycles. The molecule has 2 aromatic rings.